The van der Waals surface area contributed by atoms with Crippen molar-refractivity contribution < 1.29 is 18.0 Å². The van der Waals surface area contributed by atoms with Gasteiger partial charge in [0.1, 0.15) is 0 Å². The molecule has 0 radical (unpaired) electrons. The van der Waals surface area contributed by atoms with E-state index in [-0.39, 0.29) is 28.8 Å². The fourth-order valence-corrected chi connectivity index (χ4v) is 4.99. The molecule has 0 saturated carbocycles. The number of amides is 1. The lowest BCUT2D eigenvalue weighted by Crippen LogP contribution is -2.44. The Labute approximate surface area is 187 Å². The zero-order valence-electron chi connectivity index (χ0n) is 18.9. The van der Waals surface area contributed by atoms with Crippen molar-refractivity contribution in [3.63, 3.8) is 0 Å². The standard InChI is InChI=1S/C24H31F3N4O/c1-16-14-31(15-19(16)29-21(32)13-23(2)8-11-30(3)12-9-23)20-7-6-18(24(25,26)27)22-17(20)5-4-10-28-22/h4-7,10,16,19H,8-9,11-15H2,1-3H3,(H,29,32). The van der Waals surface area contributed by atoms with Gasteiger partial charge in [0.25, 0.3) is 0 Å². The average molecular weight is 449 g/mol. The fourth-order valence-electron chi connectivity index (χ4n) is 4.99. The fraction of sp³-hybridized carbons (Fsp3) is 0.583. The molecule has 2 saturated heterocycles. The summed E-state index contributed by atoms with van der Waals surface area (Å²) < 4.78 is 40.3. The third-order valence-electron chi connectivity index (χ3n) is 7.13. The summed E-state index contributed by atoms with van der Waals surface area (Å²) in [7, 11) is 2.11. The number of hydrogen-bond donors (Lipinski definition) is 1. The van der Waals surface area contributed by atoms with Crippen molar-refractivity contribution >= 4 is 22.5 Å². The van der Waals surface area contributed by atoms with E-state index < -0.39 is 11.7 Å². The lowest BCUT2D eigenvalue weighted by atomic mass is 9.77. The maximum atomic E-state index is 13.4. The van der Waals surface area contributed by atoms with E-state index in [0.717, 1.165) is 37.7 Å². The highest BCUT2D eigenvalue weighted by atomic mass is 19.4. The summed E-state index contributed by atoms with van der Waals surface area (Å²) in [6.45, 7) is 7.51. The van der Waals surface area contributed by atoms with Crippen LogP contribution in [-0.4, -0.2) is 55.1 Å². The molecule has 1 aromatic heterocycles. The van der Waals surface area contributed by atoms with Crippen LogP contribution in [0.4, 0.5) is 18.9 Å². The summed E-state index contributed by atoms with van der Waals surface area (Å²) in [6, 6.07) is 5.95. The van der Waals surface area contributed by atoms with Crippen LogP contribution in [0.2, 0.25) is 0 Å². The van der Waals surface area contributed by atoms with Gasteiger partial charge in [0, 0.05) is 36.8 Å². The van der Waals surface area contributed by atoms with E-state index in [9.17, 15) is 18.0 Å². The number of hydrogen-bond acceptors (Lipinski definition) is 4. The summed E-state index contributed by atoms with van der Waals surface area (Å²) in [6.07, 6.45) is -0.538. The molecule has 2 aromatic rings. The summed E-state index contributed by atoms with van der Waals surface area (Å²) in [5.41, 5.74) is -0.00641. The summed E-state index contributed by atoms with van der Waals surface area (Å²) in [4.78, 5) is 21.2. The number of carbonyl (C=O) groups is 1. The van der Waals surface area contributed by atoms with Crippen LogP contribution in [0.3, 0.4) is 0 Å². The van der Waals surface area contributed by atoms with E-state index >= 15 is 0 Å². The Balaban J connectivity index is 1.48. The van der Waals surface area contributed by atoms with Crippen molar-refractivity contribution in [2.24, 2.45) is 11.3 Å². The van der Waals surface area contributed by atoms with E-state index in [2.05, 4.69) is 41.0 Å². The Bertz CT molecular complexity index is 985. The number of alkyl halides is 3. The Morgan fingerprint density at radius 1 is 1.22 bits per heavy atom. The average Bonchev–Trinajstić information content (AvgIpc) is 3.08. The number of aromatic nitrogens is 1. The van der Waals surface area contributed by atoms with Crippen molar-refractivity contribution in [2.45, 2.75) is 45.3 Å². The van der Waals surface area contributed by atoms with E-state index in [1.54, 1.807) is 12.1 Å². The molecular formula is C24H31F3N4O. The van der Waals surface area contributed by atoms with E-state index in [4.69, 9.17) is 0 Å². The number of nitrogens with zero attached hydrogens (tertiary/aromatic N) is 3. The minimum atomic E-state index is -4.45. The molecule has 0 spiro atoms. The number of fused-ring (bicyclic) bond motifs is 1. The number of piperidine rings is 1. The first-order valence-corrected chi connectivity index (χ1v) is 11.2. The van der Waals surface area contributed by atoms with Gasteiger partial charge in [-0.2, -0.15) is 13.2 Å². The second kappa shape index (κ2) is 8.54. The van der Waals surface area contributed by atoms with Gasteiger partial charge in [0.15, 0.2) is 0 Å². The topological polar surface area (TPSA) is 48.5 Å². The van der Waals surface area contributed by atoms with Gasteiger partial charge in [0.05, 0.1) is 17.1 Å². The molecule has 2 fully saturated rings. The molecule has 3 heterocycles. The van der Waals surface area contributed by atoms with Gasteiger partial charge in [-0.25, -0.2) is 0 Å². The third kappa shape index (κ3) is 4.70. The summed E-state index contributed by atoms with van der Waals surface area (Å²) in [5.74, 6) is 0.257. The molecule has 0 aliphatic carbocycles. The lowest BCUT2D eigenvalue weighted by molar-refractivity contribution is -0.136. The molecule has 2 aliphatic heterocycles. The number of halogens is 3. The summed E-state index contributed by atoms with van der Waals surface area (Å²) in [5, 5.41) is 3.69. The molecule has 5 nitrogen and oxygen atoms in total. The highest BCUT2D eigenvalue weighted by Gasteiger charge is 2.37. The lowest BCUT2D eigenvalue weighted by Gasteiger charge is -2.37. The van der Waals surface area contributed by atoms with Gasteiger partial charge >= 0.3 is 6.18 Å². The predicted molar refractivity (Wildman–Crippen MR) is 120 cm³/mol. The predicted octanol–water partition coefficient (Wildman–Crippen LogP) is 4.32. The van der Waals surface area contributed by atoms with Crippen LogP contribution < -0.4 is 10.2 Å². The van der Waals surface area contributed by atoms with Crippen LogP contribution in [-0.2, 0) is 11.0 Å². The van der Waals surface area contributed by atoms with Crippen molar-refractivity contribution in [1.82, 2.24) is 15.2 Å². The second-order valence-electron chi connectivity index (χ2n) is 9.88. The summed E-state index contributed by atoms with van der Waals surface area (Å²) >= 11 is 0. The van der Waals surface area contributed by atoms with E-state index in [0.29, 0.717) is 24.9 Å². The Morgan fingerprint density at radius 2 is 1.94 bits per heavy atom. The van der Waals surface area contributed by atoms with Gasteiger partial charge in [-0.1, -0.05) is 13.8 Å². The minimum absolute atomic E-state index is 0.0213. The zero-order chi connectivity index (χ0) is 23.1. The Morgan fingerprint density at radius 3 is 2.62 bits per heavy atom. The smallest absolute Gasteiger partial charge is 0.369 e. The highest BCUT2D eigenvalue weighted by Crippen LogP contribution is 2.39. The maximum absolute atomic E-state index is 13.4. The van der Waals surface area contributed by atoms with Crippen LogP contribution in [0.15, 0.2) is 30.5 Å². The van der Waals surface area contributed by atoms with E-state index in [1.165, 1.54) is 12.3 Å². The quantitative estimate of drug-likeness (QED) is 0.757. The molecule has 8 heteroatoms. The van der Waals surface area contributed by atoms with Gasteiger partial charge in [-0.05, 0) is 68.6 Å². The first kappa shape index (κ1) is 22.8. The number of benzene rings is 1. The number of nitrogens with one attached hydrogen (secondary N) is 1. The molecule has 4 rings (SSSR count). The number of likely N-dealkylation sites (tertiary alicyclic amines) is 1. The molecule has 2 unspecified atom stereocenters. The van der Waals surface area contributed by atoms with Crippen molar-refractivity contribution in [3.8, 4) is 0 Å². The van der Waals surface area contributed by atoms with E-state index in [1.807, 2.05) is 0 Å². The van der Waals surface area contributed by atoms with Crippen LogP contribution in [0.5, 0.6) is 0 Å². The van der Waals surface area contributed by atoms with Gasteiger partial charge < -0.3 is 15.1 Å². The number of anilines is 1. The molecule has 1 amide bonds. The normalized spacial score (nSPS) is 24.1. The molecule has 2 aliphatic rings. The van der Waals surface area contributed by atoms with Crippen molar-refractivity contribution in [3.05, 3.63) is 36.0 Å². The molecule has 0 bridgehead atoms. The van der Waals surface area contributed by atoms with Crippen LogP contribution in [0.1, 0.15) is 38.7 Å². The van der Waals surface area contributed by atoms with Crippen LogP contribution in [0.25, 0.3) is 10.9 Å². The molecule has 1 N–H and O–H groups in total. The first-order valence-electron chi connectivity index (χ1n) is 11.2. The molecule has 32 heavy (non-hydrogen) atoms. The van der Waals surface area contributed by atoms with Crippen LogP contribution >= 0.6 is 0 Å². The number of pyridine rings is 1. The van der Waals surface area contributed by atoms with Gasteiger partial charge in [-0.3, -0.25) is 9.78 Å². The first-order chi connectivity index (χ1) is 15.1. The Kier molecular flexibility index (Phi) is 6.09. The second-order valence-corrected chi connectivity index (χ2v) is 9.88. The van der Waals surface area contributed by atoms with Gasteiger partial charge in [-0.15, -0.1) is 0 Å². The highest BCUT2D eigenvalue weighted by molar-refractivity contribution is 5.94. The zero-order valence-corrected chi connectivity index (χ0v) is 18.9. The SMILES string of the molecule is CC1CN(c2ccc(C(F)(F)F)c3ncccc23)CC1NC(=O)CC1(C)CCN(C)CC1. The third-order valence-corrected chi connectivity index (χ3v) is 7.13. The molecule has 174 valence electrons. The minimum Gasteiger partial charge on any atom is -0.369 e. The van der Waals surface area contributed by atoms with Gasteiger partial charge in [0.2, 0.25) is 5.91 Å². The maximum Gasteiger partial charge on any atom is 0.418 e. The largest absolute Gasteiger partial charge is 0.418 e. The van der Waals surface area contributed by atoms with Crippen molar-refractivity contribution in [2.75, 3.05) is 38.1 Å². The molecule has 2 atom stereocenters. The van der Waals surface area contributed by atoms with Crippen molar-refractivity contribution in [1.29, 1.82) is 0 Å². The van der Waals surface area contributed by atoms with Crippen LogP contribution in [0, 0.1) is 11.3 Å². The number of carbonyl (C=O) groups excluding carboxylic acids is 1. The molecule has 1 aromatic carbocycles. The Hall–Kier alpha value is -2.35. The molecular weight excluding hydrogens is 417 g/mol. The number of rotatable bonds is 4. The monoisotopic (exact) mass is 448 g/mol.